The first-order chi connectivity index (χ1) is 13.7. The molecular formula is C22H20N2O4. The molecule has 142 valence electrons. The number of carbonyl (C=O) groups is 2. The molecule has 0 spiro atoms. The Hall–Kier alpha value is -3.15. The average Bonchev–Trinajstić information content (AvgIpc) is 3.45. The highest BCUT2D eigenvalue weighted by atomic mass is 16.5. The third kappa shape index (κ3) is 3.15. The molecule has 1 amide bonds. The molecule has 0 atom stereocenters. The topological polar surface area (TPSA) is 72.6 Å². The van der Waals surface area contributed by atoms with Gasteiger partial charge in [0.05, 0.1) is 18.7 Å². The molecule has 3 heterocycles. The molecule has 1 fully saturated rings. The molecule has 1 aromatic carbocycles. The van der Waals surface area contributed by atoms with E-state index in [1.54, 1.807) is 23.4 Å². The fraction of sp³-hybridized carbons (Fsp3) is 0.318. The van der Waals surface area contributed by atoms with E-state index in [1.807, 2.05) is 24.3 Å². The van der Waals surface area contributed by atoms with Crippen molar-refractivity contribution in [3.8, 4) is 0 Å². The summed E-state index contributed by atoms with van der Waals surface area (Å²) in [6.45, 7) is 1.46. The number of carbonyl (C=O) groups excluding carboxylic acids is 2. The number of hydrogen-bond donors (Lipinski definition) is 0. The highest BCUT2D eigenvalue weighted by molar-refractivity contribution is 6.02. The Balaban J connectivity index is 1.37. The number of rotatable bonds is 5. The standard InChI is InChI=1S/C22H20N2O4/c25-21-19-11-23-8-6-15(19)7-9-24(21)12-17-10-16-2-1-3-18(20(16)28-17)22(26)27-13-14-4-5-14/h1-3,6,8,10-11,14H,4-5,7,9,12-13H2. The zero-order valence-electron chi connectivity index (χ0n) is 15.4. The minimum absolute atomic E-state index is 0.0427. The van der Waals surface area contributed by atoms with Crippen LogP contribution in [0, 0.1) is 5.92 Å². The van der Waals surface area contributed by atoms with E-state index in [0.717, 1.165) is 30.2 Å². The van der Waals surface area contributed by atoms with Gasteiger partial charge in [0.2, 0.25) is 0 Å². The quantitative estimate of drug-likeness (QED) is 0.636. The number of para-hydroxylation sites is 1. The zero-order valence-corrected chi connectivity index (χ0v) is 15.4. The highest BCUT2D eigenvalue weighted by Gasteiger charge is 2.27. The van der Waals surface area contributed by atoms with Crippen molar-refractivity contribution < 1.29 is 18.7 Å². The van der Waals surface area contributed by atoms with Gasteiger partial charge in [-0.25, -0.2) is 4.79 Å². The second kappa shape index (κ2) is 6.78. The van der Waals surface area contributed by atoms with Crippen molar-refractivity contribution in [2.75, 3.05) is 13.2 Å². The van der Waals surface area contributed by atoms with Gasteiger partial charge in [-0.2, -0.15) is 0 Å². The summed E-state index contributed by atoms with van der Waals surface area (Å²) in [7, 11) is 0. The Morgan fingerprint density at radius 2 is 2.18 bits per heavy atom. The van der Waals surface area contributed by atoms with Crippen LogP contribution in [0.1, 0.15) is 44.9 Å². The lowest BCUT2D eigenvalue weighted by atomic mass is 10.0. The van der Waals surface area contributed by atoms with Gasteiger partial charge in [0.25, 0.3) is 5.91 Å². The maximum Gasteiger partial charge on any atom is 0.341 e. The van der Waals surface area contributed by atoms with Gasteiger partial charge in [0.15, 0.2) is 0 Å². The van der Waals surface area contributed by atoms with Gasteiger partial charge in [0, 0.05) is 24.3 Å². The van der Waals surface area contributed by atoms with Gasteiger partial charge >= 0.3 is 5.97 Å². The van der Waals surface area contributed by atoms with E-state index in [4.69, 9.17) is 9.15 Å². The number of ether oxygens (including phenoxy) is 1. The Morgan fingerprint density at radius 1 is 1.29 bits per heavy atom. The molecule has 6 nitrogen and oxygen atoms in total. The number of amides is 1. The van der Waals surface area contributed by atoms with Crippen LogP contribution in [0.5, 0.6) is 0 Å². The molecular weight excluding hydrogens is 356 g/mol. The molecule has 2 aromatic heterocycles. The molecule has 1 aliphatic carbocycles. The average molecular weight is 376 g/mol. The number of hydrogen-bond acceptors (Lipinski definition) is 5. The predicted octanol–water partition coefficient (Wildman–Crippen LogP) is 3.59. The van der Waals surface area contributed by atoms with E-state index >= 15 is 0 Å². The Kier molecular flexibility index (Phi) is 4.11. The fourth-order valence-electron chi connectivity index (χ4n) is 3.61. The van der Waals surface area contributed by atoms with Crippen molar-refractivity contribution in [3.63, 3.8) is 0 Å². The van der Waals surface area contributed by atoms with E-state index in [0.29, 0.717) is 48.1 Å². The van der Waals surface area contributed by atoms with Crippen LogP contribution in [0.15, 0.2) is 47.1 Å². The summed E-state index contributed by atoms with van der Waals surface area (Å²) in [6.07, 6.45) is 6.39. The van der Waals surface area contributed by atoms with Gasteiger partial charge in [-0.15, -0.1) is 0 Å². The highest BCUT2D eigenvalue weighted by Crippen LogP contribution is 2.30. The van der Waals surface area contributed by atoms with Crippen LogP contribution >= 0.6 is 0 Å². The molecule has 2 aliphatic rings. The molecule has 0 N–H and O–H groups in total. The Morgan fingerprint density at radius 3 is 3.04 bits per heavy atom. The van der Waals surface area contributed by atoms with Crippen LogP contribution in [-0.4, -0.2) is 34.9 Å². The van der Waals surface area contributed by atoms with Crippen molar-refractivity contribution in [3.05, 3.63) is 65.2 Å². The fourth-order valence-corrected chi connectivity index (χ4v) is 3.61. The minimum atomic E-state index is -0.354. The lowest BCUT2D eigenvalue weighted by molar-refractivity contribution is 0.0486. The van der Waals surface area contributed by atoms with Crippen LogP contribution in [0.2, 0.25) is 0 Å². The largest absolute Gasteiger partial charge is 0.462 e. The normalized spacial score (nSPS) is 16.3. The molecule has 0 radical (unpaired) electrons. The maximum atomic E-state index is 12.7. The van der Waals surface area contributed by atoms with Crippen molar-refractivity contribution >= 4 is 22.8 Å². The lowest BCUT2D eigenvalue weighted by Crippen LogP contribution is -2.37. The summed E-state index contributed by atoms with van der Waals surface area (Å²) in [5.74, 6) is 0.766. The van der Waals surface area contributed by atoms with Crippen LogP contribution in [0.25, 0.3) is 11.0 Å². The molecule has 0 unspecified atom stereocenters. The van der Waals surface area contributed by atoms with Crippen molar-refractivity contribution in [1.82, 2.24) is 9.88 Å². The first kappa shape index (κ1) is 17.0. The predicted molar refractivity (Wildman–Crippen MR) is 102 cm³/mol. The number of nitrogens with zero attached hydrogens (tertiary/aromatic N) is 2. The van der Waals surface area contributed by atoms with Gasteiger partial charge in [0.1, 0.15) is 16.9 Å². The van der Waals surface area contributed by atoms with Gasteiger partial charge in [-0.05, 0) is 48.9 Å². The van der Waals surface area contributed by atoms with E-state index in [2.05, 4.69) is 4.98 Å². The zero-order chi connectivity index (χ0) is 19.1. The van der Waals surface area contributed by atoms with Crippen LogP contribution in [0.4, 0.5) is 0 Å². The summed E-state index contributed by atoms with van der Waals surface area (Å²) >= 11 is 0. The third-order valence-corrected chi connectivity index (χ3v) is 5.39. The number of aromatic nitrogens is 1. The van der Waals surface area contributed by atoms with Crippen molar-refractivity contribution in [2.24, 2.45) is 5.92 Å². The summed E-state index contributed by atoms with van der Waals surface area (Å²) in [5.41, 5.74) is 2.63. The Bertz CT molecular complexity index is 1070. The summed E-state index contributed by atoms with van der Waals surface area (Å²) in [4.78, 5) is 31.0. The van der Waals surface area contributed by atoms with E-state index < -0.39 is 0 Å². The number of furan rings is 1. The van der Waals surface area contributed by atoms with Crippen molar-refractivity contribution in [2.45, 2.75) is 25.8 Å². The van der Waals surface area contributed by atoms with Crippen LogP contribution < -0.4 is 0 Å². The molecule has 28 heavy (non-hydrogen) atoms. The molecule has 0 saturated heterocycles. The molecule has 1 aliphatic heterocycles. The maximum absolute atomic E-state index is 12.7. The van der Waals surface area contributed by atoms with Crippen LogP contribution in [-0.2, 0) is 17.7 Å². The first-order valence-electron chi connectivity index (χ1n) is 9.60. The molecule has 5 rings (SSSR count). The smallest absolute Gasteiger partial charge is 0.341 e. The molecule has 6 heteroatoms. The van der Waals surface area contributed by atoms with Crippen molar-refractivity contribution in [1.29, 1.82) is 0 Å². The number of pyridine rings is 1. The van der Waals surface area contributed by atoms with Gasteiger partial charge < -0.3 is 14.1 Å². The van der Waals surface area contributed by atoms with E-state index in [1.165, 1.54) is 0 Å². The minimum Gasteiger partial charge on any atom is -0.462 e. The monoisotopic (exact) mass is 376 g/mol. The second-order valence-corrected chi connectivity index (χ2v) is 7.49. The molecule has 1 saturated carbocycles. The molecule has 0 bridgehead atoms. The van der Waals surface area contributed by atoms with E-state index in [-0.39, 0.29) is 11.9 Å². The Labute approximate surface area is 162 Å². The van der Waals surface area contributed by atoms with Gasteiger partial charge in [-0.1, -0.05) is 12.1 Å². The summed E-state index contributed by atoms with van der Waals surface area (Å²) in [6, 6.07) is 9.23. The van der Waals surface area contributed by atoms with Gasteiger partial charge in [-0.3, -0.25) is 9.78 Å². The summed E-state index contributed by atoms with van der Waals surface area (Å²) < 4.78 is 11.4. The number of esters is 1. The SMILES string of the molecule is O=C(OCC1CC1)c1cccc2cc(CN3CCc4ccncc4C3=O)oc12. The number of benzene rings is 1. The summed E-state index contributed by atoms with van der Waals surface area (Å²) in [5, 5.41) is 0.836. The number of fused-ring (bicyclic) bond motifs is 2. The lowest BCUT2D eigenvalue weighted by Gasteiger charge is -2.27. The third-order valence-electron chi connectivity index (χ3n) is 5.39. The van der Waals surface area contributed by atoms with Crippen LogP contribution in [0.3, 0.4) is 0 Å². The first-order valence-corrected chi connectivity index (χ1v) is 9.60. The second-order valence-electron chi connectivity index (χ2n) is 7.49. The molecule has 3 aromatic rings. The van der Waals surface area contributed by atoms with E-state index in [9.17, 15) is 9.59 Å².